The summed E-state index contributed by atoms with van der Waals surface area (Å²) in [6, 6.07) is 2.24. The van der Waals surface area contributed by atoms with Gasteiger partial charge in [-0.1, -0.05) is 13.8 Å². The molecule has 0 aromatic rings. The van der Waals surface area contributed by atoms with E-state index in [0.29, 0.717) is 6.42 Å². The van der Waals surface area contributed by atoms with E-state index < -0.39 is 0 Å². The van der Waals surface area contributed by atoms with Crippen LogP contribution in [0.5, 0.6) is 0 Å². The molecule has 1 N–H and O–H groups in total. The van der Waals surface area contributed by atoms with E-state index in [1.807, 2.05) is 13.8 Å². The Labute approximate surface area is 168 Å². The van der Waals surface area contributed by atoms with Crippen LogP contribution in [0.2, 0.25) is 0 Å². The third kappa shape index (κ3) is 8.88. The zero-order valence-corrected chi connectivity index (χ0v) is 18.5. The molecule has 2 saturated heterocycles. The smallest absolute Gasteiger partial charge is 0.0635 e. The molecule has 0 aromatic carbocycles. The summed E-state index contributed by atoms with van der Waals surface area (Å²) in [7, 11) is 5.66. The molecule has 7 heteroatoms. The van der Waals surface area contributed by atoms with Gasteiger partial charge >= 0.3 is 0 Å². The van der Waals surface area contributed by atoms with Gasteiger partial charge in [0.25, 0.3) is 0 Å². The molecule has 0 amide bonds. The summed E-state index contributed by atoms with van der Waals surface area (Å²) in [6.45, 7) is 9.55. The minimum absolute atomic E-state index is 0. The molecule has 2 rings (SSSR count). The Balaban J connectivity index is 0. The van der Waals surface area contributed by atoms with Crippen LogP contribution in [0.15, 0.2) is 0 Å². The van der Waals surface area contributed by atoms with Gasteiger partial charge in [0.15, 0.2) is 0 Å². The molecule has 0 atom stereocenters. The molecule has 1 spiro atoms. The van der Waals surface area contributed by atoms with Gasteiger partial charge in [-0.2, -0.15) is 24.4 Å². The maximum Gasteiger partial charge on any atom is 0.0635 e. The molecule has 1 radical (unpaired) electrons. The van der Waals surface area contributed by atoms with Crippen molar-refractivity contribution < 1.29 is 37.9 Å². The van der Waals surface area contributed by atoms with Crippen molar-refractivity contribution in [2.24, 2.45) is 0 Å². The number of piperazine rings is 1. The van der Waals surface area contributed by atoms with Gasteiger partial charge in [0.2, 0.25) is 0 Å². The van der Waals surface area contributed by atoms with Gasteiger partial charge in [0.1, 0.15) is 0 Å². The molecular weight excluding hydrogens is 367 g/mol. The van der Waals surface area contributed by atoms with E-state index in [1.54, 1.807) is 14.1 Å². The van der Waals surface area contributed by atoms with Crippen molar-refractivity contribution in [1.29, 1.82) is 5.26 Å². The fourth-order valence-electron chi connectivity index (χ4n) is 3.13. The van der Waals surface area contributed by atoms with E-state index in [1.165, 1.54) is 5.06 Å². The first kappa shape index (κ1) is 25.6. The van der Waals surface area contributed by atoms with Crippen LogP contribution in [0, 0.1) is 11.3 Å². The van der Waals surface area contributed by atoms with Crippen LogP contribution in [-0.4, -0.2) is 86.0 Å². The Morgan fingerprint density at radius 3 is 2.13 bits per heavy atom. The number of hydroxylamine groups is 2. The van der Waals surface area contributed by atoms with Crippen molar-refractivity contribution in [2.75, 3.05) is 60.4 Å². The van der Waals surface area contributed by atoms with Crippen molar-refractivity contribution in [3.05, 3.63) is 5.32 Å². The molecule has 0 aliphatic carbocycles. The normalized spacial score (nSPS) is 21.1. The molecule has 0 aromatic heterocycles. The molecule has 2 aliphatic rings. The summed E-state index contributed by atoms with van der Waals surface area (Å²) >= 11 is 0. The molecule has 2 fully saturated rings. The van der Waals surface area contributed by atoms with Crippen LogP contribution < -0.4 is 0 Å². The standard InChI is InChI=1S/C12H22N4O.C2H6N.C2H6.Y/c1-14-9-10-15(6-2-5-13)12(11-14)3-7-16(17)8-4-12;1-3-2;1-2;/h17H,2-4,6-11H2,1H3;1-2H3;1-2H3;/q;-1;;. The first-order valence-electron chi connectivity index (χ1n) is 8.30. The minimum atomic E-state index is 0. The monoisotopic (exact) mass is 401 g/mol. The second-order valence-electron chi connectivity index (χ2n) is 5.76. The van der Waals surface area contributed by atoms with E-state index in [0.717, 1.165) is 52.1 Å². The summed E-state index contributed by atoms with van der Waals surface area (Å²) in [5, 5.41) is 23.2. The van der Waals surface area contributed by atoms with Gasteiger partial charge in [0.05, 0.1) is 6.07 Å². The Kier molecular flexibility index (Phi) is 16.4. The SMILES string of the molecule is CC.CN1CCN(CCC#N)C2(CCN(O)CC2)C1.C[N-]C.[Y]. The third-order valence-electron chi connectivity index (χ3n) is 4.15. The average Bonchev–Trinajstić information content (AvgIpc) is 2.52. The van der Waals surface area contributed by atoms with Crippen LogP contribution in [0.25, 0.3) is 5.32 Å². The Morgan fingerprint density at radius 2 is 1.65 bits per heavy atom. The average molecular weight is 401 g/mol. The first-order valence-corrected chi connectivity index (χ1v) is 8.30. The summed E-state index contributed by atoms with van der Waals surface area (Å²) in [4.78, 5) is 4.85. The molecule has 133 valence electrons. The van der Waals surface area contributed by atoms with Crippen molar-refractivity contribution in [3.63, 3.8) is 0 Å². The number of nitrogens with zero attached hydrogens (tertiary/aromatic N) is 5. The molecular formula is C16H34N5OY-. The maximum atomic E-state index is 9.50. The van der Waals surface area contributed by atoms with Gasteiger partial charge in [-0.05, 0) is 19.9 Å². The Morgan fingerprint density at radius 1 is 1.13 bits per heavy atom. The van der Waals surface area contributed by atoms with E-state index in [-0.39, 0.29) is 38.2 Å². The molecule has 0 unspecified atom stereocenters. The van der Waals surface area contributed by atoms with Gasteiger partial charge in [-0.25, -0.2) is 0 Å². The predicted octanol–water partition coefficient (Wildman–Crippen LogP) is 2.01. The van der Waals surface area contributed by atoms with Crippen LogP contribution in [0.3, 0.4) is 0 Å². The van der Waals surface area contributed by atoms with Gasteiger partial charge < -0.3 is 15.4 Å². The fraction of sp³-hybridized carbons (Fsp3) is 0.938. The first-order chi connectivity index (χ1) is 10.6. The van der Waals surface area contributed by atoms with Crippen LogP contribution in [0.1, 0.15) is 33.1 Å². The molecule has 2 heterocycles. The maximum absolute atomic E-state index is 9.50. The molecule has 0 bridgehead atoms. The number of nitriles is 1. The van der Waals surface area contributed by atoms with Crippen molar-refractivity contribution in [3.8, 4) is 6.07 Å². The number of rotatable bonds is 2. The zero-order chi connectivity index (χ0) is 17.0. The quantitative estimate of drug-likeness (QED) is 0.767. The van der Waals surface area contributed by atoms with E-state index in [2.05, 4.69) is 28.2 Å². The van der Waals surface area contributed by atoms with Crippen LogP contribution >= 0.6 is 0 Å². The van der Waals surface area contributed by atoms with Crippen molar-refractivity contribution in [2.45, 2.75) is 38.6 Å². The van der Waals surface area contributed by atoms with Gasteiger partial charge in [-0.15, -0.1) is 0 Å². The van der Waals surface area contributed by atoms with Crippen LogP contribution in [-0.2, 0) is 32.7 Å². The minimum Gasteiger partial charge on any atom is -0.668 e. The predicted molar refractivity (Wildman–Crippen MR) is 91.2 cm³/mol. The number of hydrogen-bond acceptors (Lipinski definition) is 5. The number of hydrogen-bond donors (Lipinski definition) is 1. The van der Waals surface area contributed by atoms with Crippen molar-refractivity contribution in [1.82, 2.24) is 14.9 Å². The van der Waals surface area contributed by atoms with Gasteiger partial charge in [-0.3, -0.25) is 4.90 Å². The third-order valence-corrected chi connectivity index (χ3v) is 4.15. The molecule has 2 aliphatic heterocycles. The Hall–Kier alpha value is 0.394. The summed E-state index contributed by atoms with van der Waals surface area (Å²) in [5.74, 6) is 0. The molecule has 6 nitrogen and oxygen atoms in total. The van der Waals surface area contributed by atoms with E-state index >= 15 is 0 Å². The number of likely N-dealkylation sites (N-methyl/N-ethyl adjacent to an activating group) is 1. The zero-order valence-electron chi connectivity index (χ0n) is 15.6. The second-order valence-corrected chi connectivity index (χ2v) is 5.76. The van der Waals surface area contributed by atoms with Crippen LogP contribution in [0.4, 0.5) is 0 Å². The molecule has 0 saturated carbocycles. The topological polar surface area (TPSA) is 67.8 Å². The largest absolute Gasteiger partial charge is 0.668 e. The fourth-order valence-corrected chi connectivity index (χ4v) is 3.13. The summed E-state index contributed by atoms with van der Waals surface area (Å²) in [6.07, 6.45) is 2.60. The number of piperidine rings is 1. The van der Waals surface area contributed by atoms with E-state index in [4.69, 9.17) is 5.26 Å². The summed E-state index contributed by atoms with van der Waals surface area (Å²) in [5.41, 5.74) is 0.184. The Bertz CT molecular complexity index is 316. The summed E-state index contributed by atoms with van der Waals surface area (Å²) < 4.78 is 0. The molecule has 23 heavy (non-hydrogen) atoms. The second kappa shape index (κ2) is 14.7. The van der Waals surface area contributed by atoms with Crippen molar-refractivity contribution >= 4 is 0 Å². The van der Waals surface area contributed by atoms with Gasteiger partial charge in [0, 0.05) is 83.9 Å². The van der Waals surface area contributed by atoms with E-state index in [9.17, 15) is 5.21 Å².